The van der Waals surface area contributed by atoms with Gasteiger partial charge in [-0.25, -0.2) is 0 Å². The van der Waals surface area contributed by atoms with Crippen LogP contribution in [-0.2, 0) is 26.8 Å². The van der Waals surface area contributed by atoms with Crippen molar-refractivity contribution in [2.75, 3.05) is 6.61 Å². The third-order valence-corrected chi connectivity index (χ3v) is 13.2. The zero-order chi connectivity index (χ0) is 27.3. The molecule has 0 aliphatic carbocycles. The van der Waals surface area contributed by atoms with Crippen LogP contribution in [0.4, 0.5) is 0 Å². The van der Waals surface area contributed by atoms with E-state index in [1.165, 1.54) is 11.1 Å². The summed E-state index contributed by atoms with van der Waals surface area (Å²) in [6.45, 7) is 22.7. The lowest BCUT2D eigenvalue weighted by molar-refractivity contribution is 0.00578. The van der Waals surface area contributed by atoms with E-state index in [2.05, 4.69) is 127 Å². The Bertz CT molecular complexity index is 902. The first kappa shape index (κ1) is 30.1. The zero-order valence-electron chi connectivity index (χ0n) is 24.8. The van der Waals surface area contributed by atoms with Crippen molar-refractivity contribution in [2.45, 2.75) is 116 Å². The molecule has 204 valence electrons. The maximum Gasteiger partial charge on any atom is 0.459 e. The molecule has 0 spiro atoms. The largest absolute Gasteiger partial charge is 0.459 e. The van der Waals surface area contributed by atoms with Crippen molar-refractivity contribution in [1.82, 2.24) is 4.90 Å². The summed E-state index contributed by atoms with van der Waals surface area (Å²) in [4.78, 5) is 2.61. The van der Waals surface area contributed by atoms with E-state index in [4.69, 9.17) is 13.7 Å². The van der Waals surface area contributed by atoms with Crippen molar-refractivity contribution in [2.24, 2.45) is 0 Å². The highest BCUT2D eigenvalue weighted by Gasteiger charge is 2.51. The smallest absolute Gasteiger partial charge is 0.417 e. The molecule has 1 aliphatic heterocycles. The number of rotatable bonds is 12. The molecule has 1 saturated heterocycles. The molecule has 1 atom stereocenters. The van der Waals surface area contributed by atoms with E-state index in [-0.39, 0.29) is 23.4 Å². The molecule has 0 bridgehead atoms. The van der Waals surface area contributed by atoms with Gasteiger partial charge in [-0.2, -0.15) is 0 Å². The zero-order valence-corrected chi connectivity index (χ0v) is 25.8. The molecule has 0 radical (unpaired) electrons. The highest BCUT2D eigenvalue weighted by molar-refractivity contribution is 6.74. The second-order valence-electron chi connectivity index (χ2n) is 13.2. The highest BCUT2D eigenvalue weighted by Crippen LogP contribution is 2.39. The van der Waals surface area contributed by atoms with Gasteiger partial charge in [0.05, 0.1) is 11.2 Å². The molecule has 0 amide bonds. The van der Waals surface area contributed by atoms with Gasteiger partial charge in [-0.15, -0.1) is 0 Å². The van der Waals surface area contributed by atoms with Gasteiger partial charge in [-0.1, -0.05) is 81.4 Å². The Balaban J connectivity index is 1.80. The maximum atomic E-state index is 6.55. The van der Waals surface area contributed by atoms with Crippen molar-refractivity contribution in [1.29, 1.82) is 0 Å². The summed E-state index contributed by atoms with van der Waals surface area (Å²) in [5.74, 6) is 0. The lowest BCUT2D eigenvalue weighted by atomic mass is 9.78. The minimum Gasteiger partial charge on any atom is -0.417 e. The van der Waals surface area contributed by atoms with Crippen LogP contribution in [0.2, 0.25) is 24.5 Å². The summed E-state index contributed by atoms with van der Waals surface area (Å²) in [5, 5.41) is 0.224. The maximum absolute atomic E-state index is 6.55. The molecule has 37 heavy (non-hydrogen) atoms. The summed E-state index contributed by atoms with van der Waals surface area (Å²) in [6.07, 6.45) is 2.90. The van der Waals surface area contributed by atoms with Gasteiger partial charge in [0.25, 0.3) is 0 Å². The predicted octanol–water partition coefficient (Wildman–Crippen LogP) is 7.95. The van der Waals surface area contributed by atoms with Crippen molar-refractivity contribution < 1.29 is 13.7 Å². The van der Waals surface area contributed by atoms with E-state index in [1.807, 2.05) is 0 Å². The van der Waals surface area contributed by atoms with Crippen LogP contribution in [0.15, 0.2) is 60.7 Å². The molecule has 1 unspecified atom stereocenters. The van der Waals surface area contributed by atoms with Crippen LogP contribution in [0.1, 0.15) is 72.4 Å². The van der Waals surface area contributed by atoms with Crippen LogP contribution >= 0.6 is 0 Å². The van der Waals surface area contributed by atoms with E-state index in [9.17, 15) is 0 Å². The molecule has 3 rings (SSSR count). The van der Waals surface area contributed by atoms with Gasteiger partial charge < -0.3 is 13.7 Å². The fourth-order valence-corrected chi connectivity index (χ4v) is 5.63. The van der Waals surface area contributed by atoms with Gasteiger partial charge in [-0.3, -0.25) is 4.90 Å². The molecule has 4 nitrogen and oxygen atoms in total. The normalized spacial score (nSPS) is 18.4. The Labute approximate surface area is 228 Å². The third kappa shape index (κ3) is 8.27. The average Bonchev–Trinajstić information content (AvgIpc) is 3.01. The summed E-state index contributed by atoms with van der Waals surface area (Å²) >= 11 is 0. The first-order valence-corrected chi connectivity index (χ1v) is 16.9. The lowest BCUT2D eigenvalue weighted by Crippen LogP contribution is -2.41. The molecule has 6 heteroatoms. The van der Waals surface area contributed by atoms with Gasteiger partial charge in [0.1, 0.15) is 0 Å². The quantitative estimate of drug-likeness (QED) is 0.209. The third-order valence-electron chi connectivity index (χ3n) is 8.69. The van der Waals surface area contributed by atoms with Crippen LogP contribution in [0.25, 0.3) is 0 Å². The Morgan fingerprint density at radius 3 is 1.73 bits per heavy atom. The van der Waals surface area contributed by atoms with E-state index in [0.29, 0.717) is 6.04 Å². The first-order chi connectivity index (χ1) is 17.2. The molecule has 2 aromatic rings. The molecular weight excluding hydrogens is 473 g/mol. The average molecular weight is 524 g/mol. The summed E-state index contributed by atoms with van der Waals surface area (Å²) in [7, 11) is -1.98. The monoisotopic (exact) mass is 523 g/mol. The second kappa shape index (κ2) is 12.2. The van der Waals surface area contributed by atoms with Gasteiger partial charge >= 0.3 is 7.12 Å². The Hall–Kier alpha value is -1.44. The first-order valence-electron chi connectivity index (χ1n) is 14.0. The van der Waals surface area contributed by atoms with Crippen LogP contribution < -0.4 is 0 Å². The van der Waals surface area contributed by atoms with Crippen LogP contribution in [-0.4, -0.2) is 44.2 Å². The number of benzene rings is 2. The summed E-state index contributed by atoms with van der Waals surface area (Å²) < 4.78 is 19.5. The van der Waals surface area contributed by atoms with E-state index in [1.54, 1.807) is 0 Å². The summed E-state index contributed by atoms with van der Waals surface area (Å²) in [6, 6.07) is 21.9. The predicted molar refractivity (Wildman–Crippen MR) is 159 cm³/mol. The Kier molecular flexibility index (Phi) is 9.90. The second-order valence-corrected chi connectivity index (χ2v) is 18.0. The number of hydrogen-bond acceptors (Lipinski definition) is 4. The minimum absolute atomic E-state index is 0.217. The van der Waals surface area contributed by atoms with Crippen LogP contribution in [0, 0.1) is 0 Å². The molecule has 0 N–H and O–H groups in total. The van der Waals surface area contributed by atoms with Crippen molar-refractivity contribution in [3.05, 3.63) is 71.8 Å². The van der Waals surface area contributed by atoms with Crippen LogP contribution in [0.3, 0.4) is 0 Å². The van der Waals surface area contributed by atoms with E-state index in [0.717, 1.165) is 38.9 Å². The van der Waals surface area contributed by atoms with Gasteiger partial charge in [0.15, 0.2) is 8.32 Å². The fourth-order valence-electron chi connectivity index (χ4n) is 4.55. The molecule has 0 saturated carbocycles. The molecule has 2 aromatic carbocycles. The number of nitrogens with zero attached hydrogens (tertiary/aromatic N) is 1. The molecule has 1 aliphatic rings. The molecule has 1 fully saturated rings. The SMILES string of the molecule is CC1(C)OB(CC(CCCO[Si](C)(C)C(C)(C)C)N(Cc2ccccc2)Cc2ccccc2)OC1(C)C. The lowest BCUT2D eigenvalue weighted by Gasteiger charge is -2.37. The Morgan fingerprint density at radius 1 is 0.838 bits per heavy atom. The van der Waals surface area contributed by atoms with Gasteiger partial charge in [0.2, 0.25) is 0 Å². The van der Waals surface area contributed by atoms with Gasteiger partial charge in [-0.05, 0) is 76.1 Å². The van der Waals surface area contributed by atoms with Crippen molar-refractivity contribution in [3.8, 4) is 0 Å². The molecule has 1 heterocycles. The summed E-state index contributed by atoms with van der Waals surface area (Å²) in [5.41, 5.74) is 2.01. The Morgan fingerprint density at radius 2 is 1.30 bits per heavy atom. The van der Waals surface area contributed by atoms with Crippen molar-refractivity contribution in [3.63, 3.8) is 0 Å². The highest BCUT2D eigenvalue weighted by atomic mass is 28.4. The van der Waals surface area contributed by atoms with Crippen LogP contribution in [0.5, 0.6) is 0 Å². The minimum atomic E-state index is -1.76. The van der Waals surface area contributed by atoms with E-state index >= 15 is 0 Å². The number of hydrogen-bond donors (Lipinski definition) is 0. The topological polar surface area (TPSA) is 30.9 Å². The molecular formula is C31H50BNO3Si. The molecule has 0 aromatic heterocycles. The standard InChI is InChI=1S/C31H50BNO3Si/c1-29(2,3)37(8,9)34-22-16-21-28(23-32-35-30(4,5)31(6,7)36-32)33(24-26-17-12-10-13-18-26)25-27-19-14-11-15-20-27/h10-15,17-20,28H,16,21-25H2,1-9H3. The fraction of sp³-hybridized carbons (Fsp3) is 0.613. The van der Waals surface area contributed by atoms with E-state index < -0.39 is 8.32 Å². The van der Waals surface area contributed by atoms with Crippen molar-refractivity contribution >= 4 is 15.4 Å². The van der Waals surface area contributed by atoms with Gasteiger partial charge in [0, 0.05) is 25.7 Å².